The van der Waals surface area contributed by atoms with Crippen LogP contribution >= 0.6 is 23.2 Å². The molecule has 0 unspecified atom stereocenters. The summed E-state index contributed by atoms with van der Waals surface area (Å²) in [7, 11) is -3.28. The summed E-state index contributed by atoms with van der Waals surface area (Å²) in [4.78, 5) is 8.03. The second-order valence-electron chi connectivity index (χ2n) is 8.12. The predicted octanol–water partition coefficient (Wildman–Crippen LogP) is 7.42. The number of imidazole rings is 1. The van der Waals surface area contributed by atoms with Crippen LogP contribution in [0.4, 0.5) is 13.2 Å². The number of nitrogens with zero attached hydrogens (tertiary/aromatic N) is 1. The van der Waals surface area contributed by atoms with Crippen molar-refractivity contribution in [3.8, 4) is 11.1 Å². The zero-order valence-electron chi connectivity index (χ0n) is 18.6. The Balaban J connectivity index is 1.68. The van der Waals surface area contributed by atoms with Crippen molar-refractivity contribution in [2.45, 2.75) is 37.3 Å². The highest BCUT2D eigenvalue weighted by Gasteiger charge is 2.27. The molecule has 1 N–H and O–H groups in total. The minimum Gasteiger partial charge on any atom is -0.342 e. The van der Waals surface area contributed by atoms with Gasteiger partial charge in [0.1, 0.15) is 11.3 Å². The number of nitrogens with one attached hydrogen (secondary N) is 1. The highest BCUT2D eigenvalue weighted by Crippen LogP contribution is 2.41. The molecule has 0 aliphatic heterocycles. The standard InChI is InChI=1S/C25H21Cl2F3N2O2S/c1-2-35(33,34)17-9-7-15(8-10-17)13-21-31-20-14-19(26)22(23(27)24(20)32-21)18-6-4-3-5-16(18)11-12-25(28,29)30/h3-10,14H,2,11-13H2,1H3,(H,31,32). The topological polar surface area (TPSA) is 62.8 Å². The lowest BCUT2D eigenvalue weighted by atomic mass is 9.96. The Labute approximate surface area is 211 Å². The van der Waals surface area contributed by atoms with E-state index in [-0.39, 0.29) is 22.1 Å². The van der Waals surface area contributed by atoms with Gasteiger partial charge in [-0.2, -0.15) is 13.2 Å². The van der Waals surface area contributed by atoms with Gasteiger partial charge < -0.3 is 4.98 Å². The zero-order chi connectivity index (χ0) is 25.4. The van der Waals surface area contributed by atoms with Crippen molar-refractivity contribution < 1.29 is 21.6 Å². The number of alkyl halides is 3. The first-order valence-corrected chi connectivity index (χ1v) is 13.2. The first kappa shape index (κ1) is 25.5. The molecule has 0 saturated carbocycles. The summed E-state index contributed by atoms with van der Waals surface area (Å²) in [6, 6.07) is 15.0. The molecule has 0 atom stereocenters. The molecule has 0 fully saturated rings. The molecule has 10 heteroatoms. The van der Waals surface area contributed by atoms with Gasteiger partial charge in [-0.15, -0.1) is 0 Å². The molecule has 0 bridgehead atoms. The number of aryl methyl sites for hydroxylation is 1. The molecule has 4 nitrogen and oxygen atoms in total. The van der Waals surface area contributed by atoms with Crippen LogP contribution in [0, 0.1) is 0 Å². The molecule has 4 rings (SSSR count). The Kier molecular flexibility index (Phi) is 7.18. The number of hydrogen-bond acceptors (Lipinski definition) is 3. The van der Waals surface area contributed by atoms with Crippen molar-refractivity contribution in [3.63, 3.8) is 0 Å². The van der Waals surface area contributed by atoms with Gasteiger partial charge in [0.15, 0.2) is 9.84 Å². The van der Waals surface area contributed by atoms with Gasteiger partial charge in [-0.3, -0.25) is 0 Å². The fourth-order valence-electron chi connectivity index (χ4n) is 3.90. The maximum atomic E-state index is 12.8. The molecule has 0 amide bonds. The average Bonchev–Trinajstić information content (AvgIpc) is 3.20. The van der Waals surface area contributed by atoms with E-state index in [1.54, 1.807) is 61.5 Å². The highest BCUT2D eigenvalue weighted by atomic mass is 35.5. The van der Waals surface area contributed by atoms with Gasteiger partial charge in [0.05, 0.1) is 26.2 Å². The fraction of sp³-hybridized carbons (Fsp3) is 0.240. The zero-order valence-corrected chi connectivity index (χ0v) is 20.9. The van der Waals surface area contributed by atoms with Gasteiger partial charge in [-0.05, 0) is 41.3 Å². The maximum Gasteiger partial charge on any atom is 0.389 e. The predicted molar refractivity (Wildman–Crippen MR) is 133 cm³/mol. The van der Waals surface area contributed by atoms with Crippen molar-refractivity contribution in [1.29, 1.82) is 0 Å². The first-order chi connectivity index (χ1) is 16.5. The quantitative estimate of drug-likeness (QED) is 0.265. The van der Waals surface area contributed by atoms with E-state index in [0.29, 0.717) is 45.0 Å². The first-order valence-electron chi connectivity index (χ1n) is 10.8. The van der Waals surface area contributed by atoms with E-state index in [4.69, 9.17) is 23.2 Å². The van der Waals surface area contributed by atoms with Crippen LogP contribution < -0.4 is 0 Å². The number of sulfone groups is 1. The number of hydrogen-bond donors (Lipinski definition) is 1. The average molecular weight is 541 g/mol. The highest BCUT2D eigenvalue weighted by molar-refractivity contribution is 7.91. The van der Waals surface area contributed by atoms with Crippen molar-refractivity contribution in [3.05, 3.63) is 81.6 Å². The molecule has 0 saturated heterocycles. The minimum absolute atomic E-state index is 0.0246. The van der Waals surface area contributed by atoms with Crippen LogP contribution in [0.5, 0.6) is 0 Å². The van der Waals surface area contributed by atoms with Gasteiger partial charge in [0, 0.05) is 18.4 Å². The lowest BCUT2D eigenvalue weighted by Crippen LogP contribution is -2.09. The molecule has 3 aromatic carbocycles. The third kappa shape index (κ3) is 5.66. The number of rotatable bonds is 7. The number of aromatic nitrogens is 2. The Morgan fingerprint density at radius 3 is 2.37 bits per heavy atom. The van der Waals surface area contributed by atoms with Crippen LogP contribution in [-0.2, 0) is 22.7 Å². The summed E-state index contributed by atoms with van der Waals surface area (Å²) in [6.07, 6.45) is -5.03. The van der Waals surface area contributed by atoms with Crippen LogP contribution in [0.3, 0.4) is 0 Å². The molecule has 35 heavy (non-hydrogen) atoms. The molecule has 184 valence electrons. The Bertz CT molecular complexity index is 1480. The summed E-state index contributed by atoms with van der Waals surface area (Å²) in [5.41, 5.74) is 3.36. The van der Waals surface area contributed by atoms with Gasteiger partial charge in [-0.25, -0.2) is 13.4 Å². The van der Waals surface area contributed by atoms with Crippen LogP contribution in [0.25, 0.3) is 22.2 Å². The van der Waals surface area contributed by atoms with Gasteiger partial charge in [0.25, 0.3) is 0 Å². The maximum absolute atomic E-state index is 12.8. The Morgan fingerprint density at radius 2 is 1.71 bits per heavy atom. The Hall–Kier alpha value is -2.55. The fourth-order valence-corrected chi connectivity index (χ4v) is 5.48. The largest absolute Gasteiger partial charge is 0.389 e. The number of benzene rings is 3. The second-order valence-corrected chi connectivity index (χ2v) is 11.2. The smallest absolute Gasteiger partial charge is 0.342 e. The third-order valence-electron chi connectivity index (χ3n) is 5.72. The van der Waals surface area contributed by atoms with Crippen LogP contribution in [-0.4, -0.2) is 30.3 Å². The SMILES string of the molecule is CCS(=O)(=O)c1ccc(Cc2nc3c(Cl)c(-c4ccccc4CCC(F)(F)F)c(Cl)cc3[nH]2)cc1. The third-order valence-corrected chi connectivity index (χ3v) is 8.13. The Morgan fingerprint density at radius 1 is 1.03 bits per heavy atom. The summed E-state index contributed by atoms with van der Waals surface area (Å²) < 4.78 is 62.5. The molecule has 4 aromatic rings. The summed E-state index contributed by atoms with van der Waals surface area (Å²) in [6.45, 7) is 1.59. The number of halogens is 5. The second kappa shape index (κ2) is 9.84. The molecule has 0 aliphatic rings. The van der Waals surface area contributed by atoms with Gasteiger partial charge >= 0.3 is 6.18 Å². The van der Waals surface area contributed by atoms with E-state index in [9.17, 15) is 21.6 Å². The molecule has 0 radical (unpaired) electrons. The number of aromatic amines is 1. The monoisotopic (exact) mass is 540 g/mol. The van der Waals surface area contributed by atoms with Crippen molar-refractivity contribution in [2.75, 3.05) is 5.75 Å². The summed E-state index contributed by atoms with van der Waals surface area (Å²) in [5, 5.41) is 0.546. The number of H-pyrrole nitrogens is 1. The van der Waals surface area contributed by atoms with E-state index >= 15 is 0 Å². The molecular weight excluding hydrogens is 520 g/mol. The lowest BCUT2D eigenvalue weighted by molar-refractivity contribution is -0.133. The van der Waals surface area contributed by atoms with Crippen molar-refractivity contribution >= 4 is 44.1 Å². The van der Waals surface area contributed by atoms with E-state index in [1.807, 2.05) is 0 Å². The summed E-state index contributed by atoms with van der Waals surface area (Å²) >= 11 is 13.2. The molecule has 0 aliphatic carbocycles. The minimum atomic E-state index is -4.28. The molecular formula is C25H21Cl2F3N2O2S. The van der Waals surface area contributed by atoms with Crippen LogP contribution in [0.2, 0.25) is 10.0 Å². The van der Waals surface area contributed by atoms with E-state index in [0.717, 1.165) is 5.56 Å². The van der Waals surface area contributed by atoms with Crippen LogP contribution in [0.15, 0.2) is 59.5 Å². The number of fused-ring (bicyclic) bond motifs is 1. The van der Waals surface area contributed by atoms with Crippen molar-refractivity contribution in [1.82, 2.24) is 9.97 Å². The van der Waals surface area contributed by atoms with Gasteiger partial charge in [-0.1, -0.05) is 66.5 Å². The van der Waals surface area contributed by atoms with Crippen molar-refractivity contribution in [2.24, 2.45) is 0 Å². The lowest BCUT2D eigenvalue weighted by Gasteiger charge is -2.14. The van der Waals surface area contributed by atoms with E-state index < -0.39 is 22.4 Å². The molecule has 1 aromatic heterocycles. The van der Waals surface area contributed by atoms with E-state index in [1.165, 1.54) is 0 Å². The van der Waals surface area contributed by atoms with Gasteiger partial charge in [0.2, 0.25) is 0 Å². The van der Waals surface area contributed by atoms with E-state index in [2.05, 4.69) is 9.97 Å². The van der Waals surface area contributed by atoms with Crippen LogP contribution in [0.1, 0.15) is 30.3 Å². The molecule has 1 heterocycles. The normalized spacial score (nSPS) is 12.4. The summed E-state index contributed by atoms with van der Waals surface area (Å²) in [5.74, 6) is 0.614. The molecule has 0 spiro atoms.